The van der Waals surface area contributed by atoms with E-state index in [0.29, 0.717) is 25.0 Å². The fraction of sp³-hybridized carbons (Fsp3) is 0.444. The Morgan fingerprint density at radius 1 is 1.26 bits per heavy atom. The number of carbonyl (C=O) groups excluding carboxylic acids is 2. The molecule has 0 fully saturated rings. The van der Waals surface area contributed by atoms with Crippen LogP contribution >= 0.6 is 23.0 Å². The molecule has 8 heteroatoms. The van der Waals surface area contributed by atoms with Gasteiger partial charge in [0.15, 0.2) is 28.8 Å². The second-order valence-electron chi connectivity index (χ2n) is 8.92. The number of allylic oxidation sites excluding steroid dienone is 1. The number of rotatable bonds is 12. The van der Waals surface area contributed by atoms with Crippen LogP contribution < -0.4 is 10.9 Å². The maximum Gasteiger partial charge on any atom is 0.420 e. The van der Waals surface area contributed by atoms with Gasteiger partial charge in [0.25, 0.3) is 0 Å². The van der Waals surface area contributed by atoms with Crippen molar-refractivity contribution in [3.05, 3.63) is 75.0 Å². The van der Waals surface area contributed by atoms with E-state index in [0.717, 1.165) is 30.4 Å². The number of halogens is 1. The zero-order valence-electron chi connectivity index (χ0n) is 20.7. The molecule has 1 aromatic heterocycles. The quantitative estimate of drug-likeness (QED) is 0.214. The van der Waals surface area contributed by atoms with Crippen molar-refractivity contribution in [2.75, 3.05) is 0 Å². The van der Waals surface area contributed by atoms with Crippen LogP contribution in [0.5, 0.6) is 5.75 Å². The van der Waals surface area contributed by atoms with Crippen LogP contribution in [0.2, 0.25) is 0 Å². The first-order chi connectivity index (χ1) is 16.7. The number of aryl methyl sites for hydroxylation is 2. The minimum Gasteiger partial charge on any atom is -0.507 e. The van der Waals surface area contributed by atoms with Gasteiger partial charge in [-0.25, -0.2) is 9.59 Å². The lowest BCUT2D eigenvalue weighted by molar-refractivity contribution is 0.0921. The van der Waals surface area contributed by atoms with E-state index in [1.54, 1.807) is 13.0 Å². The minimum absolute atomic E-state index is 0.176. The van der Waals surface area contributed by atoms with Gasteiger partial charge in [-0.3, -0.25) is 10.1 Å². The summed E-state index contributed by atoms with van der Waals surface area (Å²) >= 11 is 1.49. The fourth-order valence-corrected chi connectivity index (χ4v) is 4.01. The number of carbonyl (C=O) groups is 2. The highest BCUT2D eigenvalue weighted by molar-refractivity contribution is 14.1. The molecule has 7 nitrogen and oxygen atoms in total. The molecule has 1 heterocycles. The predicted octanol–water partition coefficient (Wildman–Crippen LogP) is 6.53. The van der Waals surface area contributed by atoms with Crippen LogP contribution in [0, 0.1) is 12.8 Å². The van der Waals surface area contributed by atoms with E-state index in [1.165, 1.54) is 40.8 Å². The zero-order chi connectivity index (χ0) is 26.0. The van der Waals surface area contributed by atoms with Crippen molar-refractivity contribution in [1.82, 2.24) is 5.32 Å². The summed E-state index contributed by atoms with van der Waals surface area (Å²) in [6.45, 7) is 7.81. The summed E-state index contributed by atoms with van der Waals surface area (Å²) < 4.78 is 9.85. The van der Waals surface area contributed by atoms with E-state index in [4.69, 9.17) is 4.42 Å². The number of hydrogen-bond donors (Lipinski definition) is 2. The highest BCUT2D eigenvalue weighted by Gasteiger charge is 2.25. The highest BCUT2D eigenvalue weighted by Crippen LogP contribution is 2.27. The van der Waals surface area contributed by atoms with E-state index in [2.05, 4.69) is 27.4 Å². The highest BCUT2D eigenvalue weighted by atomic mass is 127. The third kappa shape index (κ3) is 8.52. The monoisotopic (exact) mass is 595 g/mol. The van der Waals surface area contributed by atoms with Gasteiger partial charge in [0.2, 0.25) is 0 Å². The number of unbranched alkanes of at least 4 members (excludes halogenated alkanes) is 1. The van der Waals surface area contributed by atoms with E-state index >= 15 is 0 Å². The standard InChI is InChI=1S/C27H34INO6/c1-5-6-10-20-11-12-21(18(3)14-20)15-19(4)25(31)24-22(30)16-23(34-26(24)32)17(2)9-7-8-13-29-27(33)35-28/h8,11-14,16-17,19,30H,5-7,9-10,15H2,1-4H3,(H,29,33)/b13-8+. The van der Waals surface area contributed by atoms with Gasteiger partial charge in [0, 0.05) is 24.1 Å². The molecular weight excluding hydrogens is 561 g/mol. The number of benzene rings is 1. The Bertz CT molecular complexity index is 1110. The molecule has 2 aromatic rings. The minimum atomic E-state index is -0.822. The lowest BCUT2D eigenvalue weighted by atomic mass is 9.90. The Labute approximate surface area is 220 Å². The maximum absolute atomic E-state index is 13.0. The summed E-state index contributed by atoms with van der Waals surface area (Å²) in [4.78, 5) is 36.7. The molecule has 0 aliphatic carbocycles. The van der Waals surface area contributed by atoms with E-state index < -0.39 is 23.4 Å². The van der Waals surface area contributed by atoms with Crippen molar-refractivity contribution in [1.29, 1.82) is 0 Å². The van der Waals surface area contributed by atoms with Crippen LogP contribution in [-0.4, -0.2) is 17.0 Å². The van der Waals surface area contributed by atoms with Crippen molar-refractivity contribution in [3.63, 3.8) is 0 Å². The Hall–Kier alpha value is -2.62. The van der Waals surface area contributed by atoms with Crippen molar-refractivity contribution in [2.24, 2.45) is 5.92 Å². The molecule has 1 aromatic carbocycles. The summed E-state index contributed by atoms with van der Waals surface area (Å²) in [6.07, 6.45) is 7.65. The molecule has 0 saturated carbocycles. The maximum atomic E-state index is 13.0. The van der Waals surface area contributed by atoms with Gasteiger partial charge in [-0.05, 0) is 55.7 Å². The van der Waals surface area contributed by atoms with Gasteiger partial charge in [-0.15, -0.1) is 0 Å². The SMILES string of the molecule is CCCCc1ccc(CC(C)C(=O)c2c(O)cc(C(C)CC/C=C/NC(=O)OI)oc2=O)c(C)c1. The first-order valence-electron chi connectivity index (χ1n) is 11.9. The van der Waals surface area contributed by atoms with E-state index in [1.807, 2.05) is 19.9 Å². The lowest BCUT2D eigenvalue weighted by Gasteiger charge is -2.15. The van der Waals surface area contributed by atoms with Crippen LogP contribution in [0.3, 0.4) is 0 Å². The summed E-state index contributed by atoms with van der Waals surface area (Å²) in [7, 11) is 0. The lowest BCUT2D eigenvalue weighted by Crippen LogP contribution is -2.22. The van der Waals surface area contributed by atoms with Crippen molar-refractivity contribution >= 4 is 34.9 Å². The molecule has 2 N–H and O–H groups in total. The first kappa shape index (κ1) is 28.6. The molecular formula is C27H34INO6. The summed E-state index contributed by atoms with van der Waals surface area (Å²) in [5.74, 6) is -1.14. The normalized spacial score (nSPS) is 12.9. The number of nitrogens with one attached hydrogen (secondary N) is 1. The number of hydrogen-bond acceptors (Lipinski definition) is 6. The van der Waals surface area contributed by atoms with Gasteiger partial charge in [-0.1, -0.05) is 51.5 Å². The van der Waals surface area contributed by atoms with Crippen LogP contribution in [0.1, 0.15) is 85.2 Å². The van der Waals surface area contributed by atoms with Gasteiger partial charge >= 0.3 is 11.7 Å². The van der Waals surface area contributed by atoms with Gasteiger partial charge in [-0.2, -0.15) is 0 Å². The average molecular weight is 595 g/mol. The van der Waals surface area contributed by atoms with E-state index in [-0.39, 0.29) is 17.2 Å². The van der Waals surface area contributed by atoms with Crippen LogP contribution in [0.25, 0.3) is 0 Å². The number of aromatic hydroxyl groups is 1. The fourth-order valence-electron chi connectivity index (χ4n) is 3.88. The Kier molecular flexibility index (Phi) is 11.5. The van der Waals surface area contributed by atoms with E-state index in [9.17, 15) is 19.5 Å². The Morgan fingerprint density at radius 3 is 2.63 bits per heavy atom. The molecule has 0 radical (unpaired) electrons. The Balaban J connectivity index is 2.06. The number of amides is 1. The number of Topliss-reactive ketones (excluding diaryl/α,β-unsaturated/α-hetero) is 1. The molecule has 2 rings (SSSR count). The van der Waals surface area contributed by atoms with Gasteiger partial charge in [0.1, 0.15) is 17.1 Å². The van der Waals surface area contributed by atoms with Crippen LogP contribution in [0.4, 0.5) is 4.79 Å². The molecule has 35 heavy (non-hydrogen) atoms. The van der Waals surface area contributed by atoms with Crippen molar-refractivity contribution < 1.29 is 22.2 Å². The smallest absolute Gasteiger partial charge is 0.420 e. The summed E-state index contributed by atoms with van der Waals surface area (Å²) in [6, 6.07) is 7.66. The molecule has 2 atom stereocenters. The van der Waals surface area contributed by atoms with Crippen molar-refractivity contribution in [3.8, 4) is 5.75 Å². The summed E-state index contributed by atoms with van der Waals surface area (Å²) in [5, 5.41) is 12.9. The Morgan fingerprint density at radius 2 is 2.00 bits per heavy atom. The van der Waals surface area contributed by atoms with Crippen LogP contribution in [-0.2, 0) is 15.9 Å². The largest absolute Gasteiger partial charge is 0.507 e. The second kappa shape index (κ2) is 14.1. The zero-order valence-corrected chi connectivity index (χ0v) is 22.9. The average Bonchev–Trinajstić information content (AvgIpc) is 2.82. The first-order valence-corrected chi connectivity index (χ1v) is 12.8. The molecule has 190 valence electrons. The molecule has 0 bridgehead atoms. The molecule has 0 aliphatic heterocycles. The molecule has 1 amide bonds. The topological polar surface area (TPSA) is 106 Å². The third-order valence-electron chi connectivity index (χ3n) is 6.04. The third-order valence-corrected chi connectivity index (χ3v) is 6.44. The van der Waals surface area contributed by atoms with Gasteiger partial charge < -0.3 is 12.6 Å². The second-order valence-corrected chi connectivity index (χ2v) is 9.36. The molecule has 0 spiro atoms. The predicted molar refractivity (Wildman–Crippen MR) is 144 cm³/mol. The molecule has 2 unspecified atom stereocenters. The van der Waals surface area contributed by atoms with Crippen molar-refractivity contribution in [2.45, 2.75) is 72.1 Å². The van der Waals surface area contributed by atoms with Gasteiger partial charge in [0.05, 0.1) is 0 Å². The molecule has 0 aliphatic rings. The summed E-state index contributed by atoms with van der Waals surface area (Å²) in [5.41, 5.74) is 2.33. The number of ketones is 1. The van der Waals surface area contributed by atoms with Crippen LogP contribution in [0.15, 0.2) is 45.8 Å². The molecule has 0 saturated heterocycles.